The van der Waals surface area contributed by atoms with Gasteiger partial charge in [-0.15, -0.1) is 0 Å². The van der Waals surface area contributed by atoms with Crippen molar-refractivity contribution in [2.75, 3.05) is 37.3 Å². The van der Waals surface area contributed by atoms with E-state index in [2.05, 4.69) is 18.8 Å². The Hall–Kier alpha value is -1.30. The molecule has 1 heterocycles. The zero-order valence-corrected chi connectivity index (χ0v) is 13.1. The molecule has 1 aromatic heterocycles. The molecule has 1 amide bonds. The molecule has 0 aliphatic rings. The molecule has 0 spiro atoms. The number of carbonyl (C=O) groups is 1. The average Bonchev–Trinajstić information content (AvgIpc) is 2.79. The number of aromatic nitrogens is 1. The standard InChI is InChI=1S/C13H24N4OS/c1-5-8-17(9-6-2)12(18)10-11(14)15-13(19-10)16(4)7-3/h5-9,14H2,1-4H3. The number of nitrogen functional groups attached to an aromatic ring is 1. The molecule has 2 N–H and O–H groups in total. The fourth-order valence-corrected chi connectivity index (χ4v) is 2.75. The summed E-state index contributed by atoms with van der Waals surface area (Å²) in [5, 5.41) is 0.802. The van der Waals surface area contributed by atoms with Crippen LogP contribution in [0.3, 0.4) is 0 Å². The zero-order chi connectivity index (χ0) is 14.4. The third-order valence-corrected chi connectivity index (χ3v) is 4.08. The van der Waals surface area contributed by atoms with Crippen LogP contribution < -0.4 is 10.6 Å². The molecule has 1 rings (SSSR count). The normalized spacial score (nSPS) is 10.5. The van der Waals surface area contributed by atoms with Gasteiger partial charge in [-0.3, -0.25) is 4.79 Å². The van der Waals surface area contributed by atoms with Gasteiger partial charge < -0.3 is 15.5 Å². The van der Waals surface area contributed by atoms with Gasteiger partial charge in [0, 0.05) is 26.7 Å². The van der Waals surface area contributed by atoms with Crippen LogP contribution in [0.25, 0.3) is 0 Å². The van der Waals surface area contributed by atoms with Gasteiger partial charge in [0.25, 0.3) is 5.91 Å². The van der Waals surface area contributed by atoms with Crippen molar-refractivity contribution in [2.24, 2.45) is 0 Å². The number of hydrogen-bond donors (Lipinski definition) is 1. The maximum atomic E-state index is 12.5. The predicted octanol–water partition coefficient (Wildman–Crippen LogP) is 2.44. The lowest BCUT2D eigenvalue weighted by Crippen LogP contribution is -2.32. The van der Waals surface area contributed by atoms with Crippen LogP contribution in [0.2, 0.25) is 0 Å². The van der Waals surface area contributed by atoms with Crippen molar-refractivity contribution < 1.29 is 4.79 Å². The second kappa shape index (κ2) is 7.33. The molecule has 0 aromatic carbocycles. The second-order valence-electron chi connectivity index (χ2n) is 4.52. The molecular weight excluding hydrogens is 260 g/mol. The quantitative estimate of drug-likeness (QED) is 0.835. The molecule has 0 bridgehead atoms. The van der Waals surface area contributed by atoms with Gasteiger partial charge in [0.15, 0.2) is 5.13 Å². The smallest absolute Gasteiger partial charge is 0.267 e. The van der Waals surface area contributed by atoms with Crippen molar-refractivity contribution in [1.82, 2.24) is 9.88 Å². The summed E-state index contributed by atoms with van der Waals surface area (Å²) in [6, 6.07) is 0. The lowest BCUT2D eigenvalue weighted by atomic mass is 10.3. The summed E-state index contributed by atoms with van der Waals surface area (Å²) in [6.45, 7) is 8.56. The molecule has 0 unspecified atom stereocenters. The molecule has 0 saturated heterocycles. The molecule has 6 heteroatoms. The van der Waals surface area contributed by atoms with Crippen molar-refractivity contribution in [3.05, 3.63) is 4.88 Å². The molecule has 1 aromatic rings. The van der Waals surface area contributed by atoms with Gasteiger partial charge in [-0.05, 0) is 19.8 Å². The Bertz CT molecular complexity index is 413. The van der Waals surface area contributed by atoms with E-state index >= 15 is 0 Å². The first kappa shape index (κ1) is 15.8. The van der Waals surface area contributed by atoms with Gasteiger partial charge in [0.2, 0.25) is 0 Å². The number of thiazole rings is 1. The number of hydrogen-bond acceptors (Lipinski definition) is 5. The third-order valence-electron chi connectivity index (χ3n) is 2.91. The van der Waals surface area contributed by atoms with E-state index in [0.717, 1.165) is 37.6 Å². The van der Waals surface area contributed by atoms with E-state index in [9.17, 15) is 4.79 Å². The Labute approximate surface area is 119 Å². The minimum absolute atomic E-state index is 0.00875. The van der Waals surface area contributed by atoms with E-state index in [1.165, 1.54) is 11.3 Å². The van der Waals surface area contributed by atoms with Gasteiger partial charge in [-0.1, -0.05) is 25.2 Å². The average molecular weight is 284 g/mol. The van der Waals surface area contributed by atoms with Crippen LogP contribution in [0, 0.1) is 0 Å². The first-order chi connectivity index (χ1) is 9.04. The van der Waals surface area contributed by atoms with Crippen molar-refractivity contribution in [3.8, 4) is 0 Å². The van der Waals surface area contributed by atoms with Crippen LogP contribution in [-0.2, 0) is 0 Å². The number of amides is 1. The fourth-order valence-electron chi connectivity index (χ4n) is 1.77. The number of nitrogens with zero attached hydrogens (tertiary/aromatic N) is 3. The van der Waals surface area contributed by atoms with Crippen molar-refractivity contribution >= 4 is 28.2 Å². The summed E-state index contributed by atoms with van der Waals surface area (Å²) < 4.78 is 0. The summed E-state index contributed by atoms with van der Waals surface area (Å²) in [7, 11) is 1.95. The molecule has 0 radical (unpaired) electrons. The monoisotopic (exact) mass is 284 g/mol. The fraction of sp³-hybridized carbons (Fsp3) is 0.692. The first-order valence-corrected chi connectivity index (χ1v) is 7.63. The first-order valence-electron chi connectivity index (χ1n) is 6.81. The van der Waals surface area contributed by atoms with E-state index in [-0.39, 0.29) is 5.91 Å². The predicted molar refractivity (Wildman–Crippen MR) is 82.0 cm³/mol. The van der Waals surface area contributed by atoms with Crippen molar-refractivity contribution in [1.29, 1.82) is 0 Å². The molecule has 0 atom stereocenters. The number of rotatable bonds is 7. The molecular formula is C13H24N4OS. The molecule has 0 saturated carbocycles. The molecule has 0 aliphatic heterocycles. The second-order valence-corrected chi connectivity index (χ2v) is 5.49. The molecule has 19 heavy (non-hydrogen) atoms. The maximum absolute atomic E-state index is 12.5. The highest BCUT2D eigenvalue weighted by Crippen LogP contribution is 2.28. The van der Waals surface area contributed by atoms with Gasteiger partial charge in [0.05, 0.1) is 0 Å². The van der Waals surface area contributed by atoms with Crippen LogP contribution in [0.5, 0.6) is 0 Å². The van der Waals surface area contributed by atoms with E-state index < -0.39 is 0 Å². The molecule has 5 nitrogen and oxygen atoms in total. The number of carbonyl (C=O) groups excluding carboxylic acids is 1. The topological polar surface area (TPSA) is 62.5 Å². The van der Waals surface area contributed by atoms with Crippen molar-refractivity contribution in [2.45, 2.75) is 33.6 Å². The Balaban J connectivity index is 2.94. The van der Waals surface area contributed by atoms with Crippen LogP contribution in [0.4, 0.5) is 10.9 Å². The van der Waals surface area contributed by atoms with Gasteiger partial charge in [-0.2, -0.15) is 0 Å². The van der Waals surface area contributed by atoms with E-state index in [1.807, 2.05) is 23.8 Å². The Kier molecular flexibility index (Phi) is 6.08. The molecule has 0 aliphatic carbocycles. The Morgan fingerprint density at radius 3 is 2.32 bits per heavy atom. The van der Waals surface area contributed by atoms with E-state index in [4.69, 9.17) is 5.73 Å². The zero-order valence-electron chi connectivity index (χ0n) is 12.3. The van der Waals surface area contributed by atoms with Crippen LogP contribution in [0.15, 0.2) is 0 Å². The number of anilines is 2. The third kappa shape index (κ3) is 3.83. The molecule has 0 fully saturated rings. The molecule has 108 valence electrons. The number of nitrogens with two attached hydrogens (primary N) is 1. The van der Waals surface area contributed by atoms with Gasteiger partial charge >= 0.3 is 0 Å². The lowest BCUT2D eigenvalue weighted by Gasteiger charge is -2.20. The highest BCUT2D eigenvalue weighted by atomic mass is 32.1. The van der Waals surface area contributed by atoms with E-state index in [0.29, 0.717) is 10.7 Å². The summed E-state index contributed by atoms with van der Waals surface area (Å²) in [5.74, 6) is 0.358. The van der Waals surface area contributed by atoms with Crippen LogP contribution in [-0.4, -0.2) is 42.5 Å². The Morgan fingerprint density at radius 1 is 1.26 bits per heavy atom. The minimum atomic E-state index is 0.00875. The largest absolute Gasteiger partial charge is 0.382 e. The summed E-state index contributed by atoms with van der Waals surface area (Å²) in [5.41, 5.74) is 5.89. The van der Waals surface area contributed by atoms with Crippen LogP contribution in [0.1, 0.15) is 43.3 Å². The summed E-state index contributed by atoms with van der Waals surface area (Å²) in [4.78, 5) is 21.2. The highest BCUT2D eigenvalue weighted by Gasteiger charge is 2.22. The van der Waals surface area contributed by atoms with Crippen molar-refractivity contribution in [3.63, 3.8) is 0 Å². The lowest BCUT2D eigenvalue weighted by molar-refractivity contribution is 0.0761. The van der Waals surface area contributed by atoms with Gasteiger partial charge in [-0.25, -0.2) is 4.98 Å². The Morgan fingerprint density at radius 2 is 1.84 bits per heavy atom. The minimum Gasteiger partial charge on any atom is -0.382 e. The maximum Gasteiger partial charge on any atom is 0.267 e. The SMILES string of the molecule is CCCN(CCC)C(=O)c1sc(N(C)CC)nc1N. The van der Waals surface area contributed by atoms with E-state index in [1.54, 1.807) is 0 Å². The van der Waals surface area contributed by atoms with Crippen LogP contribution >= 0.6 is 11.3 Å². The summed E-state index contributed by atoms with van der Waals surface area (Å²) in [6.07, 6.45) is 1.90. The highest BCUT2D eigenvalue weighted by molar-refractivity contribution is 7.18. The summed E-state index contributed by atoms with van der Waals surface area (Å²) >= 11 is 1.38. The van der Waals surface area contributed by atoms with Gasteiger partial charge in [0.1, 0.15) is 10.7 Å².